The first kappa shape index (κ1) is 11.9. The molecule has 1 N–H and O–H groups in total. The van der Waals surface area contributed by atoms with Crippen LogP contribution in [0.25, 0.3) is 10.4 Å². The fourth-order valence-electron chi connectivity index (χ4n) is 1.57. The molecule has 0 fully saturated rings. The van der Waals surface area contributed by atoms with Crippen LogP contribution >= 0.6 is 11.3 Å². The minimum absolute atomic E-state index is 0.358. The van der Waals surface area contributed by atoms with Crippen LogP contribution in [0, 0.1) is 5.92 Å². The Hall–Kier alpha value is -1.62. The van der Waals surface area contributed by atoms with E-state index in [2.05, 4.69) is 18.9 Å². The quantitative estimate of drug-likeness (QED) is 0.907. The highest BCUT2D eigenvalue weighted by atomic mass is 32.1. The zero-order chi connectivity index (χ0) is 12.4. The minimum Gasteiger partial charge on any atom is -0.477 e. The van der Waals surface area contributed by atoms with Crippen LogP contribution in [0.15, 0.2) is 24.5 Å². The predicted octanol–water partition coefficient (Wildman–Crippen LogP) is 2.97. The Kier molecular flexibility index (Phi) is 3.28. The van der Waals surface area contributed by atoms with Gasteiger partial charge in [-0.3, -0.25) is 4.68 Å². The molecule has 0 radical (unpaired) electrons. The van der Waals surface area contributed by atoms with Crippen LogP contribution in [-0.2, 0) is 6.54 Å². The molecule has 2 heterocycles. The number of carbonyl (C=O) groups is 1. The Bertz CT molecular complexity index is 528. The maximum atomic E-state index is 10.8. The normalized spacial score (nSPS) is 11.0. The molecule has 0 aliphatic rings. The lowest BCUT2D eigenvalue weighted by Crippen LogP contribution is -2.03. The van der Waals surface area contributed by atoms with Crippen molar-refractivity contribution in [1.29, 1.82) is 0 Å². The van der Waals surface area contributed by atoms with Crippen LogP contribution in [0.1, 0.15) is 23.5 Å². The fraction of sp³-hybridized carbons (Fsp3) is 0.333. The molecule has 4 nitrogen and oxygen atoms in total. The number of rotatable bonds is 4. The first-order valence-corrected chi connectivity index (χ1v) is 6.24. The van der Waals surface area contributed by atoms with Crippen LogP contribution in [0.3, 0.4) is 0 Å². The molecule has 17 heavy (non-hydrogen) atoms. The van der Waals surface area contributed by atoms with Gasteiger partial charge in [0, 0.05) is 23.2 Å². The van der Waals surface area contributed by atoms with Crippen molar-refractivity contribution in [2.75, 3.05) is 0 Å². The Labute approximate surface area is 104 Å². The van der Waals surface area contributed by atoms with Gasteiger partial charge in [-0.15, -0.1) is 11.3 Å². The maximum Gasteiger partial charge on any atom is 0.345 e. The van der Waals surface area contributed by atoms with E-state index in [1.165, 1.54) is 11.3 Å². The summed E-state index contributed by atoms with van der Waals surface area (Å²) in [5, 5.41) is 13.1. The van der Waals surface area contributed by atoms with Gasteiger partial charge < -0.3 is 5.11 Å². The van der Waals surface area contributed by atoms with Crippen LogP contribution in [-0.4, -0.2) is 20.9 Å². The van der Waals surface area contributed by atoms with Crippen molar-refractivity contribution in [3.05, 3.63) is 29.4 Å². The summed E-state index contributed by atoms with van der Waals surface area (Å²) in [5.74, 6) is -0.337. The molecule has 0 aliphatic heterocycles. The molecule has 0 saturated heterocycles. The van der Waals surface area contributed by atoms with Crippen molar-refractivity contribution in [2.24, 2.45) is 5.92 Å². The lowest BCUT2D eigenvalue weighted by Gasteiger charge is -2.03. The third kappa shape index (κ3) is 2.74. The number of hydrogen-bond acceptors (Lipinski definition) is 3. The highest BCUT2D eigenvalue weighted by Crippen LogP contribution is 2.27. The molecule has 2 aromatic heterocycles. The van der Waals surface area contributed by atoms with Crippen molar-refractivity contribution in [3.63, 3.8) is 0 Å². The van der Waals surface area contributed by atoms with Crippen molar-refractivity contribution in [3.8, 4) is 10.4 Å². The maximum absolute atomic E-state index is 10.8. The largest absolute Gasteiger partial charge is 0.477 e. The van der Waals surface area contributed by atoms with Crippen molar-refractivity contribution < 1.29 is 9.90 Å². The van der Waals surface area contributed by atoms with E-state index in [9.17, 15) is 4.79 Å². The van der Waals surface area contributed by atoms with Crippen molar-refractivity contribution >= 4 is 17.3 Å². The molecule has 0 atom stereocenters. The van der Waals surface area contributed by atoms with Crippen molar-refractivity contribution in [2.45, 2.75) is 20.4 Å². The van der Waals surface area contributed by atoms with Gasteiger partial charge in [-0.2, -0.15) is 5.10 Å². The molecular weight excluding hydrogens is 236 g/mol. The van der Waals surface area contributed by atoms with Gasteiger partial charge in [-0.25, -0.2) is 4.79 Å². The SMILES string of the molecule is CC(C)Cn1cc(-c2ccc(C(=O)O)s2)cn1. The molecule has 0 aromatic carbocycles. The van der Waals surface area contributed by atoms with E-state index in [1.807, 2.05) is 16.9 Å². The molecule has 0 unspecified atom stereocenters. The first-order chi connectivity index (χ1) is 8.06. The minimum atomic E-state index is -0.879. The summed E-state index contributed by atoms with van der Waals surface area (Å²) in [4.78, 5) is 12.1. The Morgan fingerprint density at radius 1 is 1.53 bits per heavy atom. The number of thiophene rings is 1. The molecule has 0 amide bonds. The summed E-state index contributed by atoms with van der Waals surface area (Å²) in [6.07, 6.45) is 3.73. The van der Waals surface area contributed by atoms with Gasteiger partial charge in [0.1, 0.15) is 4.88 Å². The molecule has 5 heteroatoms. The fourth-order valence-corrected chi connectivity index (χ4v) is 2.39. The number of carboxylic acid groups (broad SMARTS) is 1. The molecule has 0 bridgehead atoms. The smallest absolute Gasteiger partial charge is 0.345 e. The Balaban J connectivity index is 2.21. The number of nitrogens with zero attached hydrogens (tertiary/aromatic N) is 2. The monoisotopic (exact) mass is 250 g/mol. The molecule has 2 rings (SSSR count). The predicted molar refractivity (Wildman–Crippen MR) is 67.3 cm³/mol. The number of hydrogen-bond donors (Lipinski definition) is 1. The second-order valence-electron chi connectivity index (χ2n) is 4.31. The van der Waals surface area contributed by atoms with Gasteiger partial charge in [-0.1, -0.05) is 13.8 Å². The van der Waals surface area contributed by atoms with Gasteiger partial charge in [0.15, 0.2) is 0 Å². The lowest BCUT2D eigenvalue weighted by atomic mass is 10.2. The highest BCUT2D eigenvalue weighted by molar-refractivity contribution is 7.17. The summed E-state index contributed by atoms with van der Waals surface area (Å²) in [6.45, 7) is 5.14. The lowest BCUT2D eigenvalue weighted by molar-refractivity contribution is 0.0702. The summed E-state index contributed by atoms with van der Waals surface area (Å²) < 4.78 is 1.89. The van der Waals surface area contributed by atoms with Crippen LogP contribution < -0.4 is 0 Å². The third-order valence-corrected chi connectivity index (χ3v) is 3.41. The summed E-state index contributed by atoms with van der Waals surface area (Å²) in [6, 6.07) is 3.45. The van der Waals surface area contributed by atoms with E-state index >= 15 is 0 Å². The van der Waals surface area contributed by atoms with Gasteiger partial charge in [0.25, 0.3) is 0 Å². The molecule has 0 aliphatic carbocycles. The van der Waals surface area contributed by atoms with E-state index in [0.717, 1.165) is 17.0 Å². The average molecular weight is 250 g/mol. The molecular formula is C12H14N2O2S. The van der Waals surface area contributed by atoms with Crippen LogP contribution in [0.4, 0.5) is 0 Å². The number of carboxylic acids is 1. The average Bonchev–Trinajstić information content (AvgIpc) is 2.83. The van der Waals surface area contributed by atoms with Gasteiger partial charge in [0.05, 0.1) is 6.20 Å². The Morgan fingerprint density at radius 3 is 2.88 bits per heavy atom. The van der Waals surface area contributed by atoms with Crippen molar-refractivity contribution in [1.82, 2.24) is 9.78 Å². The van der Waals surface area contributed by atoms with Gasteiger partial charge in [-0.05, 0) is 18.1 Å². The Morgan fingerprint density at radius 2 is 2.29 bits per heavy atom. The standard InChI is InChI=1S/C12H14N2O2S/c1-8(2)6-14-7-9(5-13-14)10-3-4-11(17-10)12(15)16/h3-5,7-8H,6H2,1-2H3,(H,15,16). The summed E-state index contributed by atoms with van der Waals surface area (Å²) in [5.41, 5.74) is 0.975. The topological polar surface area (TPSA) is 55.1 Å². The number of aromatic nitrogens is 2. The zero-order valence-corrected chi connectivity index (χ0v) is 10.6. The van der Waals surface area contributed by atoms with E-state index < -0.39 is 5.97 Å². The summed E-state index contributed by atoms with van der Waals surface area (Å²) >= 11 is 1.27. The van der Waals surface area contributed by atoms with Crippen LogP contribution in [0.2, 0.25) is 0 Å². The molecule has 0 spiro atoms. The summed E-state index contributed by atoms with van der Waals surface area (Å²) in [7, 11) is 0. The first-order valence-electron chi connectivity index (χ1n) is 5.42. The second-order valence-corrected chi connectivity index (χ2v) is 5.40. The molecule has 90 valence electrons. The zero-order valence-electron chi connectivity index (χ0n) is 9.75. The highest BCUT2D eigenvalue weighted by Gasteiger charge is 2.10. The van der Waals surface area contributed by atoms with E-state index in [-0.39, 0.29) is 0 Å². The van der Waals surface area contributed by atoms with Gasteiger partial charge >= 0.3 is 5.97 Å². The molecule has 0 saturated carbocycles. The molecule has 2 aromatic rings. The number of aromatic carboxylic acids is 1. The second kappa shape index (κ2) is 4.71. The van der Waals surface area contributed by atoms with E-state index in [4.69, 9.17) is 5.11 Å². The van der Waals surface area contributed by atoms with Crippen LogP contribution in [0.5, 0.6) is 0 Å². The van der Waals surface area contributed by atoms with Gasteiger partial charge in [0.2, 0.25) is 0 Å². The third-order valence-electron chi connectivity index (χ3n) is 2.29. The van der Waals surface area contributed by atoms with E-state index in [1.54, 1.807) is 12.3 Å². The van der Waals surface area contributed by atoms with E-state index in [0.29, 0.717) is 10.8 Å².